The van der Waals surface area contributed by atoms with Crippen molar-refractivity contribution in [1.29, 1.82) is 0 Å². The zero-order chi connectivity index (χ0) is 13.6. The number of hydrogen-bond donors (Lipinski definition) is 0. The van der Waals surface area contributed by atoms with E-state index < -0.39 is 0 Å². The van der Waals surface area contributed by atoms with Crippen molar-refractivity contribution in [2.45, 2.75) is 13.8 Å². The zero-order valence-electron chi connectivity index (χ0n) is 11.1. The summed E-state index contributed by atoms with van der Waals surface area (Å²) in [6.45, 7) is 8.13. The van der Waals surface area contributed by atoms with Crippen molar-refractivity contribution < 1.29 is 4.79 Å². The van der Waals surface area contributed by atoms with E-state index in [-0.39, 0.29) is 5.91 Å². The van der Waals surface area contributed by atoms with E-state index in [0.29, 0.717) is 0 Å². The second-order valence-corrected chi connectivity index (χ2v) is 4.87. The first kappa shape index (κ1) is 11.7. The van der Waals surface area contributed by atoms with Gasteiger partial charge >= 0.3 is 0 Å². The van der Waals surface area contributed by atoms with Crippen LogP contribution in [0.1, 0.15) is 27.0 Å². The highest BCUT2D eigenvalue weighted by molar-refractivity contribution is 6.22. The average Bonchev–Trinajstić information content (AvgIpc) is 2.64. The molecule has 3 rings (SSSR count). The van der Waals surface area contributed by atoms with Crippen molar-refractivity contribution in [3.8, 4) is 0 Å². The largest absolute Gasteiger partial charge is 0.276 e. The minimum atomic E-state index is 0.0120. The van der Waals surface area contributed by atoms with Crippen molar-refractivity contribution in [1.82, 2.24) is 0 Å². The molecule has 0 N–H and O–H groups in total. The second kappa shape index (κ2) is 4.09. The summed E-state index contributed by atoms with van der Waals surface area (Å²) >= 11 is 0. The molecule has 0 saturated heterocycles. The maximum absolute atomic E-state index is 12.6. The number of para-hydroxylation sites is 1. The topological polar surface area (TPSA) is 20.3 Å². The monoisotopic (exact) mass is 249 g/mol. The Labute approximate surface area is 113 Å². The third-order valence-electron chi connectivity index (χ3n) is 3.60. The van der Waals surface area contributed by atoms with Crippen molar-refractivity contribution >= 4 is 17.3 Å². The maximum Gasteiger partial charge on any atom is 0.263 e. The molecule has 0 saturated carbocycles. The van der Waals surface area contributed by atoms with Gasteiger partial charge in [0.1, 0.15) is 0 Å². The van der Waals surface area contributed by atoms with Gasteiger partial charge in [0.05, 0.1) is 11.4 Å². The minimum absolute atomic E-state index is 0.0120. The van der Waals surface area contributed by atoms with Gasteiger partial charge in [0.2, 0.25) is 0 Å². The van der Waals surface area contributed by atoms with Gasteiger partial charge < -0.3 is 0 Å². The van der Waals surface area contributed by atoms with Crippen LogP contribution in [-0.2, 0) is 0 Å². The summed E-state index contributed by atoms with van der Waals surface area (Å²) in [6.07, 6.45) is 0. The molecule has 0 fully saturated rings. The summed E-state index contributed by atoms with van der Waals surface area (Å²) < 4.78 is 0. The molecule has 0 aliphatic carbocycles. The summed E-state index contributed by atoms with van der Waals surface area (Å²) in [6, 6.07) is 13.7. The van der Waals surface area contributed by atoms with Crippen LogP contribution >= 0.6 is 0 Å². The normalized spacial score (nSPS) is 13.9. The van der Waals surface area contributed by atoms with E-state index in [0.717, 1.165) is 33.6 Å². The number of amides is 1. The number of fused-ring (bicyclic) bond motifs is 1. The fourth-order valence-electron chi connectivity index (χ4n) is 2.68. The lowest BCUT2D eigenvalue weighted by Gasteiger charge is -2.22. The SMILES string of the molecule is C=C1c2ccccc2C(=O)N1c1c(C)cccc1C. The minimum Gasteiger partial charge on any atom is -0.276 e. The molecule has 19 heavy (non-hydrogen) atoms. The van der Waals surface area contributed by atoms with E-state index in [1.54, 1.807) is 4.90 Å². The Balaban J connectivity index is 2.20. The molecule has 0 spiro atoms. The first-order valence-electron chi connectivity index (χ1n) is 6.30. The Bertz CT molecular complexity index is 645. The van der Waals surface area contributed by atoms with Gasteiger partial charge in [-0.05, 0) is 31.0 Å². The van der Waals surface area contributed by atoms with Crippen molar-refractivity contribution in [2.75, 3.05) is 4.90 Å². The Morgan fingerprint density at radius 3 is 2.05 bits per heavy atom. The molecule has 94 valence electrons. The summed E-state index contributed by atoms with van der Waals surface area (Å²) in [5, 5.41) is 0. The maximum atomic E-state index is 12.6. The fourth-order valence-corrected chi connectivity index (χ4v) is 2.68. The highest BCUT2D eigenvalue weighted by Gasteiger charge is 2.33. The van der Waals surface area contributed by atoms with Crippen LogP contribution in [0.3, 0.4) is 0 Å². The van der Waals surface area contributed by atoms with Crippen molar-refractivity contribution in [3.05, 3.63) is 71.3 Å². The molecule has 1 amide bonds. The predicted molar refractivity (Wildman–Crippen MR) is 78.2 cm³/mol. The van der Waals surface area contributed by atoms with Gasteiger partial charge in [-0.25, -0.2) is 0 Å². The number of carbonyl (C=O) groups excluding carboxylic acids is 1. The lowest BCUT2D eigenvalue weighted by atomic mass is 10.1. The second-order valence-electron chi connectivity index (χ2n) is 4.87. The van der Waals surface area contributed by atoms with Crippen LogP contribution in [-0.4, -0.2) is 5.91 Å². The van der Waals surface area contributed by atoms with Crippen LogP contribution in [0.15, 0.2) is 49.0 Å². The molecule has 0 unspecified atom stereocenters. The third kappa shape index (κ3) is 1.60. The fraction of sp³-hybridized carbons (Fsp3) is 0.118. The molecule has 2 heteroatoms. The molecular weight excluding hydrogens is 234 g/mol. The van der Waals surface area contributed by atoms with Crippen LogP contribution in [0.25, 0.3) is 5.70 Å². The molecular formula is C17H15NO. The average molecular weight is 249 g/mol. The molecule has 1 aliphatic heterocycles. The molecule has 0 atom stereocenters. The van der Waals surface area contributed by atoms with Crippen LogP contribution < -0.4 is 4.90 Å². The van der Waals surface area contributed by atoms with Gasteiger partial charge in [-0.2, -0.15) is 0 Å². The molecule has 2 nitrogen and oxygen atoms in total. The standard InChI is InChI=1S/C17H15NO/c1-11-7-6-8-12(2)16(11)18-13(3)14-9-4-5-10-15(14)17(18)19/h4-10H,3H2,1-2H3. The van der Waals surface area contributed by atoms with Crippen LogP contribution in [0.2, 0.25) is 0 Å². The zero-order valence-corrected chi connectivity index (χ0v) is 11.1. The van der Waals surface area contributed by atoms with E-state index in [4.69, 9.17) is 0 Å². The first-order valence-corrected chi connectivity index (χ1v) is 6.30. The van der Waals surface area contributed by atoms with Gasteiger partial charge in [0.15, 0.2) is 0 Å². The van der Waals surface area contributed by atoms with E-state index in [1.165, 1.54) is 0 Å². The number of carbonyl (C=O) groups is 1. The molecule has 1 aliphatic rings. The summed E-state index contributed by atoms with van der Waals surface area (Å²) in [5.41, 5.74) is 5.54. The molecule has 0 bridgehead atoms. The van der Waals surface area contributed by atoms with Gasteiger partial charge in [-0.15, -0.1) is 0 Å². The van der Waals surface area contributed by atoms with Crippen LogP contribution in [0.5, 0.6) is 0 Å². The molecule has 2 aromatic rings. The number of rotatable bonds is 1. The molecule has 0 radical (unpaired) electrons. The quantitative estimate of drug-likeness (QED) is 0.749. The van der Waals surface area contributed by atoms with E-state index >= 15 is 0 Å². The van der Waals surface area contributed by atoms with Gasteiger partial charge in [0, 0.05) is 11.1 Å². The Morgan fingerprint density at radius 1 is 0.895 bits per heavy atom. The Kier molecular flexibility index (Phi) is 2.53. The number of benzene rings is 2. The van der Waals surface area contributed by atoms with Gasteiger partial charge in [-0.3, -0.25) is 9.69 Å². The molecule has 1 heterocycles. The molecule has 0 aromatic heterocycles. The summed E-state index contributed by atoms with van der Waals surface area (Å²) in [7, 11) is 0. The van der Waals surface area contributed by atoms with Crippen molar-refractivity contribution in [3.63, 3.8) is 0 Å². The molecule has 2 aromatic carbocycles. The highest BCUT2D eigenvalue weighted by Crippen LogP contribution is 2.38. The highest BCUT2D eigenvalue weighted by atomic mass is 16.2. The van der Waals surface area contributed by atoms with Crippen molar-refractivity contribution in [2.24, 2.45) is 0 Å². The first-order chi connectivity index (χ1) is 9.11. The third-order valence-corrected chi connectivity index (χ3v) is 3.60. The van der Waals surface area contributed by atoms with Gasteiger partial charge in [0.25, 0.3) is 5.91 Å². The van der Waals surface area contributed by atoms with Gasteiger partial charge in [-0.1, -0.05) is 43.0 Å². The van der Waals surface area contributed by atoms with E-state index in [1.807, 2.05) is 56.3 Å². The summed E-state index contributed by atoms with van der Waals surface area (Å²) in [5.74, 6) is 0.0120. The smallest absolute Gasteiger partial charge is 0.263 e. The predicted octanol–water partition coefficient (Wildman–Crippen LogP) is 3.93. The summed E-state index contributed by atoms with van der Waals surface area (Å²) in [4.78, 5) is 14.3. The number of hydrogen-bond acceptors (Lipinski definition) is 1. The van der Waals surface area contributed by atoms with Crippen LogP contribution in [0, 0.1) is 13.8 Å². The Morgan fingerprint density at radius 2 is 1.47 bits per heavy atom. The van der Waals surface area contributed by atoms with E-state index in [2.05, 4.69) is 6.58 Å². The Hall–Kier alpha value is -2.35. The number of aryl methyl sites for hydroxylation is 2. The lowest BCUT2D eigenvalue weighted by molar-refractivity contribution is 0.101. The number of nitrogens with zero attached hydrogens (tertiary/aromatic N) is 1. The van der Waals surface area contributed by atoms with Crippen LogP contribution in [0.4, 0.5) is 5.69 Å². The lowest BCUT2D eigenvalue weighted by Crippen LogP contribution is -2.23. The van der Waals surface area contributed by atoms with E-state index in [9.17, 15) is 4.79 Å². The number of anilines is 1.